The van der Waals surface area contributed by atoms with Crippen LogP contribution in [0.2, 0.25) is 0 Å². The molecule has 0 unspecified atom stereocenters. The van der Waals surface area contributed by atoms with E-state index in [1.54, 1.807) is 47.4 Å². The van der Waals surface area contributed by atoms with Gasteiger partial charge in [0.25, 0.3) is 5.69 Å². The Kier molecular flexibility index (Phi) is 15.0. The van der Waals surface area contributed by atoms with Gasteiger partial charge >= 0.3 is 6.09 Å². The molecule has 0 saturated heterocycles. The molecule has 15 nitrogen and oxygen atoms in total. The van der Waals surface area contributed by atoms with Crippen molar-refractivity contribution in [1.29, 1.82) is 0 Å². The molecule has 0 bridgehead atoms. The lowest BCUT2D eigenvalue weighted by atomic mass is 9.55. The molecule has 2 heterocycles. The normalized spacial score (nSPS) is 22.7. The molecule has 2 aliphatic heterocycles. The summed E-state index contributed by atoms with van der Waals surface area (Å²) in [6.45, 7) is 6.21. The van der Waals surface area contributed by atoms with Gasteiger partial charge in [-0.2, -0.15) is 0 Å². The summed E-state index contributed by atoms with van der Waals surface area (Å²) in [6.07, 6.45) is 7.29. The van der Waals surface area contributed by atoms with Crippen molar-refractivity contribution in [3.8, 4) is 28.7 Å². The zero-order valence-electron chi connectivity index (χ0n) is 37.4. The Morgan fingerprint density at radius 1 is 0.970 bits per heavy atom. The van der Waals surface area contributed by atoms with Crippen LogP contribution in [0.3, 0.4) is 0 Å². The molecule has 4 aliphatic rings. The van der Waals surface area contributed by atoms with Gasteiger partial charge in [0.05, 0.1) is 23.2 Å². The molecular weight excluding hydrogens is 866 g/mol. The fourth-order valence-corrected chi connectivity index (χ4v) is 9.99. The Bertz CT molecular complexity index is 2460. The van der Waals surface area contributed by atoms with E-state index in [0.29, 0.717) is 65.5 Å². The number of fused-ring (bicyclic) bond motifs is 3. The molecule has 4 aromatic carbocycles. The Morgan fingerprint density at radius 3 is 2.46 bits per heavy atom. The number of aliphatic hydroxyl groups excluding tert-OH is 2. The van der Waals surface area contributed by atoms with Crippen molar-refractivity contribution in [1.82, 2.24) is 4.90 Å². The minimum absolute atomic E-state index is 0.0133. The highest BCUT2D eigenvalue weighted by molar-refractivity contribution is 6.03. The predicted octanol–water partition coefficient (Wildman–Crippen LogP) is 9.40. The number of nitro benzene ring substituents is 1. The van der Waals surface area contributed by atoms with Gasteiger partial charge in [-0.15, -0.1) is 6.58 Å². The smallest absolute Gasteiger partial charge is 0.416 e. The second kappa shape index (κ2) is 21.4. The number of hydrogen-bond acceptors (Lipinski definition) is 13. The van der Waals surface area contributed by atoms with Crippen LogP contribution in [0.4, 0.5) is 14.9 Å². The van der Waals surface area contributed by atoms with E-state index in [0.717, 1.165) is 24.0 Å². The van der Waals surface area contributed by atoms with Crippen LogP contribution in [-0.2, 0) is 22.7 Å². The first-order chi connectivity index (χ1) is 32.7. The molecule has 2 aliphatic carbocycles. The highest BCUT2D eigenvalue weighted by Crippen LogP contribution is 2.62. The second-order valence-electron chi connectivity index (χ2n) is 17.0. The number of carbonyl (C=O) groups excluding carboxylic acids is 1. The Hall–Kier alpha value is -6.49. The minimum atomic E-state index is -1.63. The van der Waals surface area contributed by atoms with E-state index < -0.39 is 28.8 Å². The highest BCUT2D eigenvalue weighted by atomic mass is 19.1. The largest absolute Gasteiger partial charge is 0.489 e. The molecule has 16 heteroatoms. The summed E-state index contributed by atoms with van der Waals surface area (Å²) in [4.78, 5) is 33.5. The number of unbranched alkanes of at least 4 members (excludes halogenated alkanes) is 2. The van der Waals surface area contributed by atoms with E-state index in [4.69, 9.17) is 38.4 Å². The minimum Gasteiger partial charge on any atom is -0.489 e. The standard InChI is InChI=1S/C51H56FN3O12/c1-3-25-64-51-47(54(30-33-15-21-45-46(26-33)63-32-62-45)50(58)66-37-18-16-36(17-19-37)55(59)60)29-43(53-65-4-2)40-27-34(11-7-9-23-56)39(13-8-10-24-57)48(49(40)51)41-28-38(20-22-44(41)67-51)61-31-35-12-5-6-14-42(35)52/h3,5-6,12,14-22,26-28,34,39,47-49,56-57H,1,4,7-11,13,23-25,29-32H2,2H3/t34-,39+,47-,48+,49+,51+/m0/s1. The van der Waals surface area contributed by atoms with E-state index in [2.05, 4.69) is 12.7 Å². The summed E-state index contributed by atoms with van der Waals surface area (Å²) in [5, 5.41) is 36.2. The highest BCUT2D eigenvalue weighted by Gasteiger charge is 2.66. The second-order valence-corrected chi connectivity index (χ2v) is 17.0. The van der Waals surface area contributed by atoms with Crippen LogP contribution >= 0.6 is 0 Å². The van der Waals surface area contributed by atoms with Crippen molar-refractivity contribution in [3.05, 3.63) is 142 Å². The van der Waals surface area contributed by atoms with Gasteiger partial charge in [0, 0.05) is 55.4 Å². The van der Waals surface area contributed by atoms with E-state index in [-0.39, 0.29) is 87.8 Å². The summed E-state index contributed by atoms with van der Waals surface area (Å²) in [7, 11) is 0. The van der Waals surface area contributed by atoms with Crippen molar-refractivity contribution in [3.63, 3.8) is 0 Å². The number of rotatable bonds is 21. The molecule has 354 valence electrons. The lowest BCUT2D eigenvalue weighted by Crippen LogP contribution is -2.70. The Balaban J connectivity index is 1.31. The number of ether oxygens (including phenoxy) is 6. The zero-order chi connectivity index (χ0) is 46.9. The lowest BCUT2D eigenvalue weighted by Gasteiger charge is -2.59. The summed E-state index contributed by atoms with van der Waals surface area (Å²) in [5.74, 6) is -0.969. The SMILES string of the molecule is C=CCO[C@@]12Oc3ccc(OCc4ccccc4F)cc3[C@H]3[C@H](CCCCO)[C@@H](CCCCO)C=C(C(=NOCC)C[C@@H]1N(Cc1ccc4c(c1)OCO4)C(=O)Oc1ccc([N+](=O)[O-])cc1)[C@H]32. The number of halogens is 1. The maximum Gasteiger partial charge on any atom is 0.416 e. The molecule has 1 amide bonds. The fraction of sp³-hybridized carbons (Fsp3) is 0.412. The molecule has 0 aromatic heterocycles. The summed E-state index contributed by atoms with van der Waals surface area (Å²) < 4.78 is 53.0. The quantitative estimate of drug-likeness (QED) is 0.0350. The van der Waals surface area contributed by atoms with Crippen LogP contribution in [0.1, 0.15) is 74.5 Å². The number of nitro groups is 1. The Labute approximate surface area is 388 Å². The van der Waals surface area contributed by atoms with Crippen LogP contribution in [0.15, 0.2) is 114 Å². The van der Waals surface area contributed by atoms with Gasteiger partial charge in [0.15, 0.2) is 11.5 Å². The number of aliphatic hydroxyl groups is 2. The van der Waals surface area contributed by atoms with Gasteiger partial charge in [0.2, 0.25) is 12.6 Å². The van der Waals surface area contributed by atoms with Gasteiger partial charge < -0.3 is 43.5 Å². The maximum absolute atomic E-state index is 15.1. The Morgan fingerprint density at radius 2 is 1.72 bits per heavy atom. The summed E-state index contributed by atoms with van der Waals surface area (Å²) in [6, 6.07) is 21.7. The van der Waals surface area contributed by atoms with Gasteiger partial charge in [-0.05, 0) is 104 Å². The van der Waals surface area contributed by atoms with E-state index in [1.807, 2.05) is 25.1 Å². The van der Waals surface area contributed by atoms with E-state index >= 15 is 4.79 Å². The van der Waals surface area contributed by atoms with Gasteiger partial charge in [-0.1, -0.05) is 54.4 Å². The van der Waals surface area contributed by atoms with Crippen LogP contribution in [0.5, 0.6) is 28.7 Å². The number of benzene rings is 4. The molecule has 0 radical (unpaired) electrons. The molecule has 1 fully saturated rings. The number of amides is 1. The van der Waals surface area contributed by atoms with Crippen LogP contribution in [-0.4, -0.2) is 76.9 Å². The van der Waals surface area contributed by atoms with Gasteiger partial charge in [-0.3, -0.25) is 15.0 Å². The van der Waals surface area contributed by atoms with Crippen molar-refractivity contribution in [2.24, 2.45) is 22.9 Å². The van der Waals surface area contributed by atoms with Crippen molar-refractivity contribution in [2.75, 3.05) is 33.2 Å². The number of allylic oxidation sites excluding steroid dienone is 1. The summed E-state index contributed by atoms with van der Waals surface area (Å²) in [5.41, 5.74) is 3.15. The first-order valence-electron chi connectivity index (χ1n) is 22.9. The molecular formula is C51H56FN3O12. The topological polar surface area (TPSA) is 181 Å². The summed E-state index contributed by atoms with van der Waals surface area (Å²) >= 11 is 0. The first kappa shape index (κ1) is 47.0. The molecule has 2 N–H and O–H groups in total. The molecule has 0 spiro atoms. The van der Waals surface area contributed by atoms with Crippen molar-refractivity contribution >= 4 is 17.5 Å². The van der Waals surface area contributed by atoms with Crippen molar-refractivity contribution in [2.45, 2.75) is 82.8 Å². The number of hydrogen-bond donors (Lipinski definition) is 2. The average Bonchev–Trinajstić information content (AvgIpc) is 3.81. The number of carbonyl (C=O) groups is 1. The van der Waals surface area contributed by atoms with E-state index in [1.165, 1.54) is 30.3 Å². The van der Waals surface area contributed by atoms with Crippen LogP contribution in [0, 0.1) is 33.7 Å². The monoisotopic (exact) mass is 921 g/mol. The molecule has 4 aromatic rings. The van der Waals surface area contributed by atoms with Crippen LogP contribution < -0.4 is 23.7 Å². The lowest BCUT2D eigenvalue weighted by molar-refractivity contribution is -0.384. The predicted molar refractivity (Wildman–Crippen MR) is 245 cm³/mol. The third kappa shape index (κ3) is 10.1. The van der Waals surface area contributed by atoms with Crippen LogP contribution in [0.25, 0.3) is 0 Å². The van der Waals surface area contributed by atoms with Gasteiger partial charge in [0.1, 0.15) is 42.3 Å². The third-order valence-corrected chi connectivity index (χ3v) is 13.0. The number of oxime groups is 1. The molecule has 67 heavy (non-hydrogen) atoms. The van der Waals surface area contributed by atoms with E-state index in [9.17, 15) is 24.7 Å². The average molecular weight is 922 g/mol. The van der Waals surface area contributed by atoms with Crippen molar-refractivity contribution < 1.29 is 57.6 Å². The number of nitrogens with zero attached hydrogens (tertiary/aromatic N) is 3. The molecule has 8 rings (SSSR count). The molecule has 6 atom stereocenters. The number of non-ortho nitro benzene ring substituents is 1. The molecule has 1 saturated carbocycles. The zero-order valence-corrected chi connectivity index (χ0v) is 37.4. The maximum atomic E-state index is 15.1. The fourth-order valence-electron chi connectivity index (χ4n) is 9.99. The van der Waals surface area contributed by atoms with Gasteiger partial charge in [-0.25, -0.2) is 9.18 Å². The first-order valence-corrected chi connectivity index (χ1v) is 22.9. The third-order valence-electron chi connectivity index (χ3n) is 13.0.